The van der Waals surface area contributed by atoms with Crippen molar-refractivity contribution in [1.29, 1.82) is 0 Å². The van der Waals surface area contributed by atoms with Crippen molar-refractivity contribution in [2.45, 2.75) is 51.9 Å². The number of hydrogen-bond donors (Lipinski definition) is 1. The normalized spacial score (nSPS) is 10.7. The van der Waals surface area contributed by atoms with Crippen LogP contribution in [0.15, 0.2) is 0 Å². The van der Waals surface area contributed by atoms with E-state index in [2.05, 4.69) is 12.2 Å². The van der Waals surface area contributed by atoms with Crippen molar-refractivity contribution in [3.05, 3.63) is 0 Å². The maximum absolute atomic E-state index is 4.97. The summed E-state index contributed by atoms with van der Waals surface area (Å²) in [7, 11) is 1.76. The molecule has 14 heavy (non-hydrogen) atoms. The number of ether oxygens (including phenoxy) is 1. The van der Waals surface area contributed by atoms with E-state index in [-0.39, 0.29) is 0 Å². The van der Waals surface area contributed by atoms with Crippen LogP contribution in [-0.4, -0.2) is 26.8 Å². The van der Waals surface area contributed by atoms with Gasteiger partial charge < -0.3 is 10.1 Å². The highest BCUT2D eigenvalue weighted by atomic mass is 16.5. The van der Waals surface area contributed by atoms with E-state index in [1.807, 2.05) is 0 Å². The second-order valence-electron chi connectivity index (χ2n) is 3.86. The Bertz CT molecular complexity index is 84.3. The Morgan fingerprint density at radius 3 is 2.21 bits per heavy atom. The van der Waals surface area contributed by atoms with Crippen molar-refractivity contribution in [1.82, 2.24) is 5.32 Å². The summed E-state index contributed by atoms with van der Waals surface area (Å²) in [5.41, 5.74) is 0. The molecule has 0 aliphatic rings. The molecule has 0 aliphatic heterocycles. The molecule has 0 saturated carbocycles. The van der Waals surface area contributed by atoms with Crippen LogP contribution in [0.5, 0.6) is 0 Å². The molecular weight excluding hydrogens is 174 g/mol. The van der Waals surface area contributed by atoms with Gasteiger partial charge in [0.05, 0.1) is 0 Å². The number of methoxy groups -OCH3 is 1. The lowest BCUT2D eigenvalue weighted by molar-refractivity contribution is 0.194. The van der Waals surface area contributed by atoms with E-state index in [1.165, 1.54) is 45.1 Å². The molecule has 0 saturated heterocycles. The summed E-state index contributed by atoms with van der Waals surface area (Å²) in [6.07, 6.45) is 9.42. The summed E-state index contributed by atoms with van der Waals surface area (Å²) >= 11 is 0. The van der Waals surface area contributed by atoms with Crippen molar-refractivity contribution in [3.63, 3.8) is 0 Å². The fourth-order valence-corrected chi connectivity index (χ4v) is 1.50. The van der Waals surface area contributed by atoms with Crippen LogP contribution in [0.25, 0.3) is 0 Å². The first-order chi connectivity index (χ1) is 6.91. The third-order valence-electron chi connectivity index (χ3n) is 2.41. The summed E-state index contributed by atoms with van der Waals surface area (Å²) in [4.78, 5) is 0. The summed E-state index contributed by atoms with van der Waals surface area (Å²) in [5, 5.41) is 3.43. The molecule has 0 aromatic rings. The van der Waals surface area contributed by atoms with Gasteiger partial charge in [-0.2, -0.15) is 0 Å². The van der Waals surface area contributed by atoms with Crippen molar-refractivity contribution < 1.29 is 4.74 Å². The third kappa shape index (κ3) is 11.9. The topological polar surface area (TPSA) is 21.3 Å². The second kappa shape index (κ2) is 12.9. The molecular formula is C12H27NO. The minimum atomic E-state index is 0.878. The predicted molar refractivity (Wildman–Crippen MR) is 62.7 cm³/mol. The first-order valence-electron chi connectivity index (χ1n) is 6.11. The van der Waals surface area contributed by atoms with Crippen LogP contribution < -0.4 is 5.32 Å². The first kappa shape index (κ1) is 13.9. The van der Waals surface area contributed by atoms with E-state index < -0.39 is 0 Å². The van der Waals surface area contributed by atoms with Gasteiger partial charge >= 0.3 is 0 Å². The minimum absolute atomic E-state index is 0.878. The molecule has 0 heterocycles. The quantitative estimate of drug-likeness (QED) is 0.519. The molecule has 0 unspecified atom stereocenters. The van der Waals surface area contributed by atoms with E-state index in [1.54, 1.807) is 7.11 Å². The first-order valence-corrected chi connectivity index (χ1v) is 6.11. The van der Waals surface area contributed by atoms with E-state index in [9.17, 15) is 0 Å². The van der Waals surface area contributed by atoms with E-state index in [0.717, 1.165) is 19.6 Å². The van der Waals surface area contributed by atoms with Gasteiger partial charge in [0.2, 0.25) is 0 Å². The number of unbranched alkanes of at least 4 members (excludes halogenated alkanes) is 5. The number of hydrogen-bond acceptors (Lipinski definition) is 2. The average Bonchev–Trinajstić information content (AvgIpc) is 2.21. The van der Waals surface area contributed by atoms with Crippen LogP contribution in [0.1, 0.15) is 51.9 Å². The van der Waals surface area contributed by atoms with Crippen LogP contribution in [0, 0.1) is 0 Å². The predicted octanol–water partition coefficient (Wildman–Crippen LogP) is 2.97. The lowest BCUT2D eigenvalue weighted by Gasteiger charge is -2.04. The van der Waals surface area contributed by atoms with Crippen LogP contribution >= 0.6 is 0 Å². The van der Waals surface area contributed by atoms with Gasteiger partial charge in [0, 0.05) is 13.7 Å². The Hall–Kier alpha value is -0.0800. The highest BCUT2D eigenvalue weighted by Crippen LogP contribution is 2.03. The van der Waals surface area contributed by atoms with Gasteiger partial charge in [0.25, 0.3) is 0 Å². The van der Waals surface area contributed by atoms with Crippen LogP contribution in [0.2, 0.25) is 0 Å². The zero-order valence-electron chi connectivity index (χ0n) is 9.98. The average molecular weight is 201 g/mol. The monoisotopic (exact) mass is 201 g/mol. The molecule has 0 amide bonds. The summed E-state index contributed by atoms with van der Waals surface area (Å²) in [5.74, 6) is 0. The fourth-order valence-electron chi connectivity index (χ4n) is 1.50. The van der Waals surface area contributed by atoms with E-state index in [0.29, 0.717) is 0 Å². The molecule has 2 heteroatoms. The molecule has 0 fully saturated rings. The highest BCUT2D eigenvalue weighted by Gasteiger charge is 1.90. The van der Waals surface area contributed by atoms with Gasteiger partial charge in [-0.25, -0.2) is 0 Å². The van der Waals surface area contributed by atoms with Gasteiger partial charge in [0.1, 0.15) is 0 Å². The molecule has 0 atom stereocenters. The van der Waals surface area contributed by atoms with Crippen molar-refractivity contribution >= 4 is 0 Å². The van der Waals surface area contributed by atoms with Gasteiger partial charge in [-0.05, 0) is 25.9 Å². The Morgan fingerprint density at radius 2 is 1.50 bits per heavy atom. The second-order valence-corrected chi connectivity index (χ2v) is 3.86. The lowest BCUT2D eigenvalue weighted by atomic mass is 10.1. The Kier molecular flexibility index (Phi) is 12.8. The maximum atomic E-state index is 4.97. The van der Waals surface area contributed by atoms with Crippen molar-refractivity contribution in [2.75, 3.05) is 26.8 Å². The largest absolute Gasteiger partial charge is 0.385 e. The fraction of sp³-hybridized carbons (Fsp3) is 1.00. The standard InChI is InChI=1S/C12H27NO/c1-3-4-5-6-7-8-10-13-11-9-12-14-2/h13H,3-12H2,1-2H3. The summed E-state index contributed by atoms with van der Waals surface area (Å²) < 4.78 is 4.97. The van der Waals surface area contributed by atoms with Crippen molar-refractivity contribution in [3.8, 4) is 0 Å². The Morgan fingerprint density at radius 1 is 0.857 bits per heavy atom. The molecule has 0 aliphatic carbocycles. The van der Waals surface area contributed by atoms with E-state index >= 15 is 0 Å². The minimum Gasteiger partial charge on any atom is -0.385 e. The smallest absolute Gasteiger partial charge is 0.0474 e. The molecule has 0 bridgehead atoms. The molecule has 0 aromatic carbocycles. The van der Waals surface area contributed by atoms with Gasteiger partial charge in [-0.1, -0.05) is 39.0 Å². The third-order valence-corrected chi connectivity index (χ3v) is 2.41. The summed E-state index contributed by atoms with van der Waals surface area (Å²) in [6.45, 7) is 5.42. The zero-order valence-corrected chi connectivity index (χ0v) is 9.98. The maximum Gasteiger partial charge on any atom is 0.0474 e. The van der Waals surface area contributed by atoms with Crippen LogP contribution in [0.4, 0.5) is 0 Å². The Labute approximate surface area is 89.4 Å². The number of rotatable bonds is 11. The molecule has 2 nitrogen and oxygen atoms in total. The SMILES string of the molecule is CCCCCCCCNCCCOC. The molecule has 0 radical (unpaired) electrons. The van der Waals surface area contributed by atoms with E-state index in [4.69, 9.17) is 4.74 Å². The molecule has 86 valence electrons. The molecule has 0 spiro atoms. The van der Waals surface area contributed by atoms with Gasteiger partial charge in [0.15, 0.2) is 0 Å². The zero-order chi connectivity index (χ0) is 10.5. The molecule has 1 N–H and O–H groups in total. The lowest BCUT2D eigenvalue weighted by Crippen LogP contribution is -2.17. The van der Waals surface area contributed by atoms with Gasteiger partial charge in [-0.15, -0.1) is 0 Å². The Balaban J connectivity index is 2.78. The highest BCUT2D eigenvalue weighted by molar-refractivity contribution is 4.49. The van der Waals surface area contributed by atoms with Crippen LogP contribution in [-0.2, 0) is 4.74 Å². The summed E-state index contributed by atoms with van der Waals surface area (Å²) in [6, 6.07) is 0. The molecule has 0 rings (SSSR count). The number of nitrogens with one attached hydrogen (secondary N) is 1. The van der Waals surface area contributed by atoms with Crippen molar-refractivity contribution in [2.24, 2.45) is 0 Å². The molecule has 0 aromatic heterocycles. The van der Waals surface area contributed by atoms with Crippen LogP contribution in [0.3, 0.4) is 0 Å². The van der Waals surface area contributed by atoms with Gasteiger partial charge in [-0.3, -0.25) is 0 Å².